The van der Waals surface area contributed by atoms with Crippen molar-refractivity contribution in [2.75, 3.05) is 11.9 Å². The van der Waals surface area contributed by atoms with Gasteiger partial charge in [0.2, 0.25) is 5.91 Å². The molecule has 1 spiro atoms. The second-order valence-corrected chi connectivity index (χ2v) is 7.27. The van der Waals surface area contributed by atoms with E-state index in [2.05, 4.69) is 10.6 Å². The fraction of sp³-hybridized carbons (Fsp3) is 0.500. The first-order valence-electron chi connectivity index (χ1n) is 8.93. The Labute approximate surface area is 156 Å². The van der Waals surface area contributed by atoms with Gasteiger partial charge in [-0.3, -0.25) is 24.6 Å². The second kappa shape index (κ2) is 6.98. The fourth-order valence-electron chi connectivity index (χ4n) is 3.87. The van der Waals surface area contributed by atoms with Gasteiger partial charge in [0.1, 0.15) is 17.8 Å². The molecular formula is C18H22N4O5. The normalized spacial score (nSPS) is 24.8. The third-order valence-electron chi connectivity index (χ3n) is 5.43. The number of rotatable bonds is 4. The molecule has 1 aliphatic carbocycles. The van der Waals surface area contributed by atoms with Crippen molar-refractivity contribution in [1.82, 2.24) is 10.2 Å². The van der Waals surface area contributed by atoms with Gasteiger partial charge in [0.25, 0.3) is 11.6 Å². The number of carbonyl (C=O) groups is 3. The van der Waals surface area contributed by atoms with Gasteiger partial charge in [-0.25, -0.2) is 4.79 Å². The van der Waals surface area contributed by atoms with Gasteiger partial charge < -0.3 is 10.6 Å². The van der Waals surface area contributed by atoms with E-state index in [1.165, 1.54) is 12.1 Å². The van der Waals surface area contributed by atoms with Gasteiger partial charge >= 0.3 is 6.03 Å². The molecule has 2 aliphatic rings. The summed E-state index contributed by atoms with van der Waals surface area (Å²) in [5.41, 5.74) is -0.464. The zero-order valence-corrected chi connectivity index (χ0v) is 15.3. The molecule has 1 aromatic rings. The number of anilines is 1. The van der Waals surface area contributed by atoms with Crippen LogP contribution in [0.3, 0.4) is 0 Å². The van der Waals surface area contributed by atoms with Gasteiger partial charge in [0.15, 0.2) is 0 Å². The monoisotopic (exact) mass is 374 g/mol. The highest BCUT2D eigenvalue weighted by molar-refractivity contribution is 6.10. The molecule has 144 valence electrons. The number of aryl methyl sites for hydroxylation is 1. The van der Waals surface area contributed by atoms with Gasteiger partial charge in [-0.05, 0) is 37.3 Å². The molecule has 2 atom stereocenters. The van der Waals surface area contributed by atoms with Gasteiger partial charge in [0.05, 0.1) is 4.92 Å². The molecule has 4 amide bonds. The van der Waals surface area contributed by atoms with E-state index in [1.807, 2.05) is 6.92 Å². The maximum atomic E-state index is 12.9. The third kappa shape index (κ3) is 3.36. The maximum absolute atomic E-state index is 12.9. The molecule has 1 aliphatic heterocycles. The highest BCUT2D eigenvalue weighted by atomic mass is 16.6. The highest BCUT2D eigenvalue weighted by Crippen LogP contribution is 2.38. The summed E-state index contributed by atoms with van der Waals surface area (Å²) in [5.74, 6) is -1.06. The predicted molar refractivity (Wildman–Crippen MR) is 97.1 cm³/mol. The summed E-state index contributed by atoms with van der Waals surface area (Å²) in [4.78, 5) is 49.0. The Kier molecular flexibility index (Phi) is 4.86. The predicted octanol–water partition coefficient (Wildman–Crippen LogP) is 2.34. The van der Waals surface area contributed by atoms with Crippen molar-refractivity contribution >= 4 is 29.2 Å². The van der Waals surface area contributed by atoms with Crippen molar-refractivity contribution in [2.24, 2.45) is 5.92 Å². The lowest BCUT2D eigenvalue weighted by Crippen LogP contribution is -2.54. The van der Waals surface area contributed by atoms with Crippen LogP contribution >= 0.6 is 0 Å². The first kappa shape index (κ1) is 18.8. The lowest BCUT2D eigenvalue weighted by atomic mass is 9.73. The molecule has 0 unspecified atom stereocenters. The molecule has 27 heavy (non-hydrogen) atoms. The molecule has 0 aromatic heterocycles. The molecule has 9 heteroatoms. The smallest absolute Gasteiger partial charge is 0.323 e. The minimum Gasteiger partial charge on any atom is -0.323 e. The first-order chi connectivity index (χ1) is 12.7. The van der Waals surface area contributed by atoms with Crippen LogP contribution in [0.1, 0.15) is 38.2 Å². The number of amides is 4. The molecule has 1 saturated heterocycles. The fourth-order valence-corrected chi connectivity index (χ4v) is 3.87. The third-order valence-corrected chi connectivity index (χ3v) is 5.43. The summed E-state index contributed by atoms with van der Waals surface area (Å²) in [6.45, 7) is 3.15. The molecule has 0 bridgehead atoms. The van der Waals surface area contributed by atoms with Crippen LogP contribution in [0.5, 0.6) is 0 Å². The topological polar surface area (TPSA) is 122 Å². The summed E-state index contributed by atoms with van der Waals surface area (Å²) in [6.07, 6.45) is 3.23. The number of nitro groups is 1. The average Bonchev–Trinajstić information content (AvgIpc) is 2.84. The van der Waals surface area contributed by atoms with E-state index in [0.29, 0.717) is 12.0 Å². The SMILES string of the molecule is Cc1ccc(NC(=O)CN2C(=O)N[C@]3(CCCC[C@@H]3C)C2=O)c([N+](=O)[O-])c1. The van der Waals surface area contributed by atoms with Crippen molar-refractivity contribution in [1.29, 1.82) is 0 Å². The van der Waals surface area contributed by atoms with E-state index < -0.39 is 34.9 Å². The van der Waals surface area contributed by atoms with E-state index in [-0.39, 0.29) is 17.3 Å². The van der Waals surface area contributed by atoms with Crippen molar-refractivity contribution in [3.05, 3.63) is 33.9 Å². The Morgan fingerprint density at radius 2 is 2.15 bits per heavy atom. The van der Waals surface area contributed by atoms with Gasteiger partial charge in [0, 0.05) is 6.07 Å². The Bertz CT molecular complexity index is 824. The number of nitrogens with one attached hydrogen (secondary N) is 2. The second-order valence-electron chi connectivity index (χ2n) is 7.27. The number of benzene rings is 1. The molecule has 2 N–H and O–H groups in total. The van der Waals surface area contributed by atoms with Crippen LogP contribution in [0, 0.1) is 23.0 Å². The standard InChI is InChI=1S/C18H22N4O5/c1-11-6-7-13(14(9-11)22(26)27)19-15(23)10-21-16(24)18(20-17(21)25)8-4-3-5-12(18)2/h6-7,9,12H,3-5,8,10H2,1-2H3,(H,19,23)(H,20,25)/t12-,18-/m0/s1. The number of imide groups is 1. The Hall–Kier alpha value is -2.97. The van der Waals surface area contributed by atoms with E-state index in [4.69, 9.17) is 0 Å². The maximum Gasteiger partial charge on any atom is 0.325 e. The number of hydrogen-bond acceptors (Lipinski definition) is 5. The van der Waals surface area contributed by atoms with E-state index in [0.717, 1.165) is 24.2 Å². The zero-order valence-electron chi connectivity index (χ0n) is 15.3. The first-order valence-corrected chi connectivity index (χ1v) is 8.93. The number of carbonyl (C=O) groups excluding carboxylic acids is 3. The van der Waals surface area contributed by atoms with Crippen LogP contribution in [0.4, 0.5) is 16.2 Å². The van der Waals surface area contributed by atoms with Crippen LogP contribution in [0.15, 0.2) is 18.2 Å². The minimum absolute atomic E-state index is 0.00560. The number of hydrogen-bond donors (Lipinski definition) is 2. The zero-order chi connectivity index (χ0) is 19.8. The van der Waals surface area contributed by atoms with E-state index in [9.17, 15) is 24.5 Å². The summed E-state index contributed by atoms with van der Waals surface area (Å²) < 4.78 is 0. The van der Waals surface area contributed by atoms with E-state index in [1.54, 1.807) is 13.0 Å². The Balaban J connectivity index is 1.74. The molecule has 1 aromatic carbocycles. The molecule has 0 radical (unpaired) electrons. The summed E-state index contributed by atoms with van der Waals surface area (Å²) in [6, 6.07) is 3.82. The molecule has 1 saturated carbocycles. The Morgan fingerprint density at radius 3 is 2.81 bits per heavy atom. The number of nitro benzene ring substituents is 1. The van der Waals surface area contributed by atoms with Crippen molar-refractivity contribution in [2.45, 2.75) is 45.1 Å². The van der Waals surface area contributed by atoms with Gasteiger partial charge in [-0.2, -0.15) is 0 Å². The molecule has 3 rings (SSSR count). The van der Waals surface area contributed by atoms with Crippen LogP contribution in [-0.4, -0.2) is 39.8 Å². The molecular weight excluding hydrogens is 352 g/mol. The Morgan fingerprint density at radius 1 is 1.41 bits per heavy atom. The summed E-state index contributed by atoms with van der Waals surface area (Å²) >= 11 is 0. The molecule has 1 heterocycles. The van der Waals surface area contributed by atoms with Crippen LogP contribution in [0.25, 0.3) is 0 Å². The van der Waals surface area contributed by atoms with Crippen molar-refractivity contribution in [3.63, 3.8) is 0 Å². The van der Waals surface area contributed by atoms with Gasteiger partial charge in [-0.15, -0.1) is 0 Å². The highest BCUT2D eigenvalue weighted by Gasteiger charge is 2.55. The van der Waals surface area contributed by atoms with E-state index >= 15 is 0 Å². The molecule has 9 nitrogen and oxygen atoms in total. The lowest BCUT2D eigenvalue weighted by molar-refractivity contribution is -0.384. The van der Waals surface area contributed by atoms with Crippen LogP contribution in [0.2, 0.25) is 0 Å². The van der Waals surface area contributed by atoms with Crippen LogP contribution < -0.4 is 10.6 Å². The van der Waals surface area contributed by atoms with Crippen LogP contribution in [-0.2, 0) is 9.59 Å². The number of urea groups is 1. The van der Waals surface area contributed by atoms with Gasteiger partial charge in [-0.1, -0.05) is 25.8 Å². The quantitative estimate of drug-likeness (QED) is 0.476. The minimum atomic E-state index is -0.939. The number of nitrogens with zero attached hydrogens (tertiary/aromatic N) is 2. The summed E-state index contributed by atoms with van der Waals surface area (Å²) in [5, 5.41) is 16.4. The molecule has 2 fully saturated rings. The summed E-state index contributed by atoms with van der Waals surface area (Å²) in [7, 11) is 0. The van der Waals surface area contributed by atoms with Crippen molar-refractivity contribution < 1.29 is 19.3 Å². The largest absolute Gasteiger partial charge is 0.325 e. The lowest BCUT2D eigenvalue weighted by Gasteiger charge is -2.36. The van der Waals surface area contributed by atoms with Crippen molar-refractivity contribution in [3.8, 4) is 0 Å². The average molecular weight is 374 g/mol.